The first-order valence-corrected chi connectivity index (χ1v) is 9.63. The van der Waals surface area contributed by atoms with E-state index < -0.39 is 33.2 Å². The van der Waals surface area contributed by atoms with Gasteiger partial charge in [0.2, 0.25) is 0 Å². The molecule has 0 aliphatic heterocycles. The Labute approximate surface area is 180 Å². The van der Waals surface area contributed by atoms with Crippen LogP contribution in [0.1, 0.15) is 39.2 Å². The minimum absolute atomic E-state index is 0.0710. The molecule has 12 heteroatoms. The summed E-state index contributed by atoms with van der Waals surface area (Å²) in [6.45, 7) is 5.44. The fourth-order valence-corrected chi connectivity index (χ4v) is 2.99. The number of hydrogen-bond acceptors (Lipinski definition) is 6. The number of nitrogens with zero attached hydrogens (tertiary/aromatic N) is 3. The zero-order chi connectivity index (χ0) is 23.8. The van der Waals surface area contributed by atoms with Gasteiger partial charge in [-0.05, 0) is 51.5 Å². The lowest BCUT2D eigenvalue weighted by atomic mass is 10.0. The molecule has 0 aromatic heterocycles. The number of nitrogens with one attached hydrogen (secondary N) is 1. The van der Waals surface area contributed by atoms with Crippen molar-refractivity contribution >= 4 is 18.0 Å². The van der Waals surface area contributed by atoms with Gasteiger partial charge in [0.15, 0.2) is 11.1 Å². The number of carbonyl (C=O) groups excluding carboxylic acids is 2. The number of hydrogen-bond donors (Lipinski definition) is 4. The van der Waals surface area contributed by atoms with Gasteiger partial charge in [-0.15, -0.1) is 0 Å². The van der Waals surface area contributed by atoms with E-state index in [0.29, 0.717) is 12.0 Å². The van der Waals surface area contributed by atoms with E-state index in [1.54, 1.807) is 40.0 Å². The van der Waals surface area contributed by atoms with Crippen LogP contribution >= 0.6 is 0 Å². The number of ether oxygens (including phenoxy) is 1. The second-order valence-electron chi connectivity index (χ2n) is 8.28. The van der Waals surface area contributed by atoms with Crippen LogP contribution in [0.4, 0.5) is 4.79 Å². The maximum atomic E-state index is 13.1. The van der Waals surface area contributed by atoms with E-state index in [4.69, 9.17) is 16.2 Å². The smallest absolute Gasteiger partial charge is 0.508 e. The standard InChI is InChI=1S/C19H30N6O6/c1-19(2,3)31-18(28)25(4,12-13-7-9-14(26)10-8-13)15(16(20)27)6-5-11-22-17(21)23-24(29)30/h7-10,15H,5-6,11-12H2,1-4H3,(H5-,20,21,22,23,26,27)/p+1/t15?,25-/m1/s1. The van der Waals surface area contributed by atoms with E-state index in [2.05, 4.69) is 10.4 Å². The molecule has 6 N–H and O–H groups in total. The summed E-state index contributed by atoms with van der Waals surface area (Å²) >= 11 is 0. The third-order valence-electron chi connectivity index (χ3n) is 4.42. The number of carbonyl (C=O) groups is 2. The summed E-state index contributed by atoms with van der Waals surface area (Å²) in [6, 6.07) is 5.30. The Hall–Kier alpha value is -3.41. The lowest BCUT2D eigenvalue weighted by molar-refractivity contribution is -0.868. The minimum atomic E-state index is -0.945. The first-order chi connectivity index (χ1) is 14.2. The summed E-state index contributed by atoms with van der Waals surface area (Å²) in [4.78, 5) is 35.8. The monoisotopic (exact) mass is 439 g/mol. The molecule has 0 heterocycles. The van der Waals surface area contributed by atoms with E-state index >= 15 is 0 Å². The summed E-state index contributed by atoms with van der Waals surface area (Å²) in [7, 11) is 1.56. The first kappa shape index (κ1) is 25.6. The molecule has 0 radical (unpaired) electrons. The van der Waals surface area contributed by atoms with Gasteiger partial charge in [-0.1, -0.05) is 0 Å². The lowest BCUT2D eigenvalue weighted by Crippen LogP contribution is -2.61. The normalized spacial score (nSPS) is 14.9. The topological polar surface area (TPSA) is 183 Å². The van der Waals surface area contributed by atoms with Gasteiger partial charge in [-0.3, -0.25) is 4.79 Å². The van der Waals surface area contributed by atoms with Gasteiger partial charge in [0.1, 0.15) is 23.0 Å². The Balaban J connectivity index is 3.09. The summed E-state index contributed by atoms with van der Waals surface area (Å²) in [6.07, 6.45) is -0.123. The number of rotatable bonds is 9. The van der Waals surface area contributed by atoms with Gasteiger partial charge < -0.3 is 26.6 Å². The van der Waals surface area contributed by atoms with Crippen molar-refractivity contribution in [1.82, 2.24) is 5.32 Å². The molecule has 2 amide bonds. The molecule has 0 saturated heterocycles. The molecule has 0 spiro atoms. The third kappa shape index (κ3) is 8.46. The Morgan fingerprint density at radius 2 is 1.87 bits per heavy atom. The van der Waals surface area contributed by atoms with Crippen molar-refractivity contribution in [2.45, 2.75) is 51.8 Å². The lowest BCUT2D eigenvalue weighted by Gasteiger charge is -2.38. The highest BCUT2D eigenvalue weighted by Crippen LogP contribution is 2.25. The number of phenols is 1. The Bertz CT molecular complexity index is 820. The van der Waals surface area contributed by atoms with Crippen molar-refractivity contribution in [3.8, 4) is 5.75 Å². The number of phenolic OH excluding ortho intramolecular Hbond substituents is 1. The van der Waals surface area contributed by atoms with E-state index in [-0.39, 0.29) is 31.2 Å². The number of primary amides is 1. The summed E-state index contributed by atoms with van der Waals surface area (Å²) in [5, 5.41) is 24.4. The number of hydrazone groups is 1. The third-order valence-corrected chi connectivity index (χ3v) is 4.42. The van der Waals surface area contributed by atoms with Crippen molar-refractivity contribution in [1.29, 1.82) is 0 Å². The highest BCUT2D eigenvalue weighted by molar-refractivity contribution is 5.80. The van der Waals surface area contributed by atoms with Crippen LogP contribution in [-0.4, -0.2) is 57.8 Å². The number of likely N-dealkylation sites (N-methyl/N-ethyl adjacent to an activating group) is 1. The van der Waals surface area contributed by atoms with Gasteiger partial charge in [0.05, 0.1) is 7.05 Å². The van der Waals surface area contributed by atoms with Crippen molar-refractivity contribution in [2.75, 3.05) is 13.6 Å². The minimum Gasteiger partial charge on any atom is -0.508 e. The molecule has 2 atom stereocenters. The molecule has 0 fully saturated rings. The molecule has 1 aromatic rings. The van der Waals surface area contributed by atoms with Crippen molar-refractivity contribution < 1.29 is 28.9 Å². The maximum absolute atomic E-state index is 13.1. The van der Waals surface area contributed by atoms with Crippen LogP contribution in [0.15, 0.2) is 29.4 Å². The number of benzene rings is 1. The Morgan fingerprint density at radius 3 is 2.35 bits per heavy atom. The van der Waals surface area contributed by atoms with Crippen LogP contribution in [0, 0.1) is 10.1 Å². The van der Waals surface area contributed by atoms with Crippen LogP contribution in [0.2, 0.25) is 0 Å². The number of quaternary nitrogens is 1. The molecule has 31 heavy (non-hydrogen) atoms. The fourth-order valence-electron chi connectivity index (χ4n) is 2.99. The molecule has 0 aliphatic carbocycles. The second kappa shape index (κ2) is 10.6. The largest absolute Gasteiger partial charge is 0.517 e. The number of guanidine groups is 1. The van der Waals surface area contributed by atoms with E-state index in [9.17, 15) is 24.8 Å². The zero-order valence-corrected chi connectivity index (χ0v) is 18.2. The maximum Gasteiger partial charge on any atom is 0.517 e. The number of nitrogens with two attached hydrogens (primary N) is 2. The van der Waals surface area contributed by atoms with Crippen LogP contribution < -0.4 is 16.8 Å². The van der Waals surface area contributed by atoms with E-state index in [1.165, 1.54) is 12.1 Å². The van der Waals surface area contributed by atoms with Gasteiger partial charge in [-0.25, -0.2) is 14.6 Å². The summed E-state index contributed by atoms with van der Waals surface area (Å²) in [5.74, 6) is -0.991. The predicted octanol–water partition coefficient (Wildman–Crippen LogP) is 1.00. The van der Waals surface area contributed by atoms with Gasteiger partial charge in [0, 0.05) is 18.5 Å². The fraction of sp³-hybridized carbons (Fsp3) is 0.526. The van der Waals surface area contributed by atoms with Gasteiger partial charge in [-0.2, -0.15) is 4.79 Å². The van der Waals surface area contributed by atoms with E-state index in [0.717, 1.165) is 0 Å². The molecule has 1 unspecified atom stereocenters. The SMILES string of the molecule is CC(C)(C)OC(=O)[N@+](C)(Cc1ccc(O)cc1)C(CCCNC(N)=N[N+](=O)[O-])C(N)=O. The predicted molar refractivity (Wildman–Crippen MR) is 113 cm³/mol. The second-order valence-corrected chi connectivity index (χ2v) is 8.28. The highest BCUT2D eigenvalue weighted by atomic mass is 16.7. The molecular weight excluding hydrogens is 408 g/mol. The van der Waals surface area contributed by atoms with Crippen molar-refractivity contribution in [3.63, 3.8) is 0 Å². The van der Waals surface area contributed by atoms with Crippen LogP contribution in [0.25, 0.3) is 0 Å². The van der Waals surface area contributed by atoms with Crippen LogP contribution in [-0.2, 0) is 16.1 Å². The van der Waals surface area contributed by atoms with Crippen molar-refractivity contribution in [2.24, 2.45) is 16.6 Å². The molecule has 1 aromatic carbocycles. The molecule has 0 aliphatic rings. The van der Waals surface area contributed by atoms with Gasteiger partial charge >= 0.3 is 6.09 Å². The van der Waals surface area contributed by atoms with E-state index in [1.807, 2.05) is 0 Å². The van der Waals surface area contributed by atoms with Gasteiger partial charge in [0.25, 0.3) is 11.9 Å². The first-order valence-electron chi connectivity index (χ1n) is 9.63. The summed E-state index contributed by atoms with van der Waals surface area (Å²) < 4.78 is 5.12. The zero-order valence-electron chi connectivity index (χ0n) is 18.2. The van der Waals surface area contributed by atoms with Crippen LogP contribution in [0.3, 0.4) is 0 Å². The Morgan fingerprint density at radius 1 is 1.29 bits per heavy atom. The quantitative estimate of drug-likeness (QED) is 0.110. The number of amides is 2. The molecule has 172 valence electrons. The molecule has 0 saturated carbocycles. The molecular formula is C19H31N6O6+. The number of nitro groups is 1. The Kier molecular flexibility index (Phi) is 8.74. The molecule has 12 nitrogen and oxygen atoms in total. The molecule has 1 rings (SSSR count). The highest BCUT2D eigenvalue weighted by Gasteiger charge is 2.46. The van der Waals surface area contributed by atoms with Crippen LogP contribution in [0.5, 0.6) is 5.75 Å². The average molecular weight is 439 g/mol. The average Bonchev–Trinajstić information content (AvgIpc) is 2.61. The van der Waals surface area contributed by atoms with Crippen molar-refractivity contribution in [3.05, 3.63) is 39.9 Å². The number of aromatic hydroxyl groups is 1. The summed E-state index contributed by atoms with van der Waals surface area (Å²) in [5.41, 5.74) is 10.9. The molecule has 0 bridgehead atoms.